The van der Waals surface area contributed by atoms with E-state index in [1.807, 2.05) is 0 Å². The molecule has 3 atom stereocenters. The van der Waals surface area contributed by atoms with Gasteiger partial charge in [0, 0.05) is 18.8 Å². The highest BCUT2D eigenvalue weighted by Gasteiger charge is 2.40. The summed E-state index contributed by atoms with van der Waals surface area (Å²) in [5.41, 5.74) is 1.64. The molecule has 3 unspecified atom stereocenters. The van der Waals surface area contributed by atoms with Gasteiger partial charge in [0.2, 0.25) is 5.91 Å². The topological polar surface area (TPSA) is 68.5 Å². The van der Waals surface area contributed by atoms with E-state index in [-0.39, 0.29) is 11.7 Å². The summed E-state index contributed by atoms with van der Waals surface area (Å²) in [6, 6.07) is 7.17. The molecule has 2 fully saturated rings. The number of carbonyl (C=O) groups excluding carboxylic acids is 1. The van der Waals surface area contributed by atoms with Crippen molar-refractivity contribution in [2.24, 2.45) is 17.8 Å². The van der Waals surface area contributed by atoms with Crippen LogP contribution in [-0.2, 0) is 4.79 Å². The Labute approximate surface area is 176 Å². The number of ether oxygens (including phenoxy) is 1. The number of fused-ring (bicyclic) bond motifs is 3. The molecule has 5 rings (SSSR count). The van der Waals surface area contributed by atoms with Crippen LogP contribution in [0.1, 0.15) is 32.1 Å². The van der Waals surface area contributed by atoms with E-state index < -0.39 is 6.36 Å². The first-order valence-corrected chi connectivity index (χ1v) is 10.3. The highest BCUT2D eigenvalue weighted by atomic mass is 19.4. The van der Waals surface area contributed by atoms with Crippen LogP contribution in [0.25, 0.3) is 16.8 Å². The lowest BCUT2D eigenvalue weighted by atomic mass is 9.86. The first-order valence-electron chi connectivity index (χ1n) is 10.3. The Morgan fingerprint density at radius 2 is 2.00 bits per heavy atom. The molecule has 2 saturated carbocycles. The molecule has 9 heteroatoms. The first-order chi connectivity index (χ1) is 14.9. The predicted octanol–water partition coefficient (Wildman–Crippen LogP) is 5.06. The van der Waals surface area contributed by atoms with Crippen LogP contribution in [0.4, 0.5) is 19.0 Å². The summed E-state index contributed by atoms with van der Waals surface area (Å²) >= 11 is 0. The second-order valence-corrected chi connectivity index (χ2v) is 8.37. The zero-order chi connectivity index (χ0) is 21.6. The van der Waals surface area contributed by atoms with Gasteiger partial charge in [0.15, 0.2) is 11.5 Å². The standard InChI is InChI=1S/C22H21F3N4O2/c23-22(24,25)31-17-6-4-14(5-7-17)19-20(28-29-9-1-8-26-21(19)29)27-18(30)12-16-11-13-2-3-15(16)10-13/h1,4-9,13,15-16H,2-3,10-12H2,(H,27,28,30). The SMILES string of the molecule is O=C(CC1CC2CCC1C2)Nc1nn2cccnc2c1-c1ccc(OC(F)(F)F)cc1. The van der Waals surface area contributed by atoms with E-state index in [0.717, 1.165) is 12.3 Å². The number of anilines is 1. The molecule has 0 saturated heterocycles. The van der Waals surface area contributed by atoms with E-state index in [9.17, 15) is 18.0 Å². The Hall–Kier alpha value is -3.10. The lowest BCUT2D eigenvalue weighted by Gasteiger charge is -2.20. The number of amides is 1. The van der Waals surface area contributed by atoms with Gasteiger partial charge in [-0.05, 0) is 60.8 Å². The zero-order valence-electron chi connectivity index (χ0n) is 16.6. The summed E-state index contributed by atoms with van der Waals surface area (Å²) in [7, 11) is 0. The first kappa shape index (κ1) is 19.8. The zero-order valence-corrected chi connectivity index (χ0v) is 16.6. The number of nitrogens with zero attached hydrogens (tertiary/aromatic N) is 3. The maximum atomic E-state index is 12.8. The normalized spacial score (nSPS) is 22.7. The third-order valence-corrected chi connectivity index (χ3v) is 6.36. The van der Waals surface area contributed by atoms with E-state index in [2.05, 4.69) is 20.1 Å². The fourth-order valence-electron chi connectivity index (χ4n) is 5.11. The number of nitrogens with one attached hydrogen (secondary N) is 1. The Morgan fingerprint density at radius 3 is 2.68 bits per heavy atom. The molecule has 1 N–H and O–H groups in total. The highest BCUT2D eigenvalue weighted by molar-refractivity contribution is 5.97. The molecule has 31 heavy (non-hydrogen) atoms. The van der Waals surface area contributed by atoms with Gasteiger partial charge in [-0.15, -0.1) is 18.3 Å². The minimum absolute atomic E-state index is 0.0979. The molecule has 0 radical (unpaired) electrons. The summed E-state index contributed by atoms with van der Waals surface area (Å²) < 4.78 is 42.9. The molecular weight excluding hydrogens is 409 g/mol. The third kappa shape index (κ3) is 4.08. The van der Waals surface area contributed by atoms with E-state index >= 15 is 0 Å². The summed E-state index contributed by atoms with van der Waals surface area (Å²) in [5, 5.41) is 7.36. The molecule has 2 aliphatic carbocycles. The summed E-state index contributed by atoms with van der Waals surface area (Å²) in [6.07, 6.45) is 3.83. The number of carbonyl (C=O) groups is 1. The molecule has 2 aliphatic rings. The molecule has 0 spiro atoms. The number of hydrogen-bond acceptors (Lipinski definition) is 4. The third-order valence-electron chi connectivity index (χ3n) is 6.36. The largest absolute Gasteiger partial charge is 0.573 e. The second-order valence-electron chi connectivity index (χ2n) is 8.37. The maximum Gasteiger partial charge on any atom is 0.573 e. The second kappa shape index (κ2) is 7.55. The molecule has 3 aromatic rings. The molecule has 2 bridgehead atoms. The number of hydrogen-bond donors (Lipinski definition) is 1. The van der Waals surface area contributed by atoms with Gasteiger partial charge in [0.1, 0.15) is 5.75 Å². The molecular formula is C22H21F3N4O2. The number of aromatic nitrogens is 3. The number of alkyl halides is 3. The Kier molecular flexibility index (Phi) is 4.83. The van der Waals surface area contributed by atoms with Gasteiger partial charge in [0.25, 0.3) is 0 Å². The van der Waals surface area contributed by atoms with Crippen molar-refractivity contribution in [3.8, 4) is 16.9 Å². The van der Waals surface area contributed by atoms with Crippen LogP contribution in [-0.4, -0.2) is 26.9 Å². The van der Waals surface area contributed by atoms with Gasteiger partial charge in [-0.1, -0.05) is 18.6 Å². The van der Waals surface area contributed by atoms with Crippen molar-refractivity contribution in [1.29, 1.82) is 0 Å². The highest BCUT2D eigenvalue weighted by Crippen LogP contribution is 2.49. The summed E-state index contributed by atoms with van der Waals surface area (Å²) in [5.74, 6) is 1.74. The van der Waals surface area contributed by atoms with Crippen molar-refractivity contribution in [2.45, 2.75) is 38.5 Å². The molecule has 2 aromatic heterocycles. The van der Waals surface area contributed by atoms with Crippen molar-refractivity contribution in [3.63, 3.8) is 0 Å². The van der Waals surface area contributed by atoms with Crippen molar-refractivity contribution in [1.82, 2.24) is 14.6 Å². The van der Waals surface area contributed by atoms with Crippen molar-refractivity contribution in [2.75, 3.05) is 5.32 Å². The van der Waals surface area contributed by atoms with Crippen molar-refractivity contribution >= 4 is 17.4 Å². The lowest BCUT2D eigenvalue weighted by molar-refractivity contribution is -0.274. The van der Waals surface area contributed by atoms with Crippen molar-refractivity contribution < 1.29 is 22.7 Å². The van der Waals surface area contributed by atoms with Gasteiger partial charge >= 0.3 is 6.36 Å². The summed E-state index contributed by atoms with van der Waals surface area (Å²) in [4.78, 5) is 17.1. The van der Waals surface area contributed by atoms with Gasteiger partial charge in [-0.3, -0.25) is 4.79 Å². The van der Waals surface area contributed by atoms with Crippen LogP contribution in [0.15, 0.2) is 42.7 Å². The van der Waals surface area contributed by atoms with Gasteiger partial charge < -0.3 is 10.1 Å². The van der Waals surface area contributed by atoms with Crippen LogP contribution < -0.4 is 10.1 Å². The average Bonchev–Trinajstić information content (AvgIpc) is 3.41. The number of benzene rings is 1. The fraction of sp³-hybridized carbons (Fsp3) is 0.409. The number of halogens is 3. The van der Waals surface area contributed by atoms with E-state index in [0.29, 0.717) is 40.8 Å². The van der Waals surface area contributed by atoms with E-state index in [1.165, 1.54) is 43.5 Å². The minimum atomic E-state index is -4.76. The van der Waals surface area contributed by atoms with Crippen molar-refractivity contribution in [3.05, 3.63) is 42.7 Å². The maximum absolute atomic E-state index is 12.8. The lowest BCUT2D eigenvalue weighted by Crippen LogP contribution is -2.20. The average molecular weight is 430 g/mol. The fourth-order valence-corrected chi connectivity index (χ4v) is 5.11. The van der Waals surface area contributed by atoms with E-state index in [1.54, 1.807) is 23.0 Å². The van der Waals surface area contributed by atoms with E-state index in [4.69, 9.17) is 0 Å². The molecule has 162 valence electrons. The minimum Gasteiger partial charge on any atom is -0.406 e. The smallest absolute Gasteiger partial charge is 0.406 e. The molecule has 6 nitrogen and oxygen atoms in total. The van der Waals surface area contributed by atoms with Gasteiger partial charge in [-0.2, -0.15) is 0 Å². The Balaban J connectivity index is 1.41. The van der Waals surface area contributed by atoms with Crippen LogP contribution in [0.5, 0.6) is 5.75 Å². The Morgan fingerprint density at radius 1 is 1.19 bits per heavy atom. The molecule has 1 aromatic carbocycles. The summed E-state index contributed by atoms with van der Waals surface area (Å²) in [6.45, 7) is 0. The van der Waals surface area contributed by atoms with Gasteiger partial charge in [-0.25, -0.2) is 9.50 Å². The quantitative estimate of drug-likeness (QED) is 0.614. The molecule has 2 heterocycles. The molecule has 1 amide bonds. The predicted molar refractivity (Wildman–Crippen MR) is 107 cm³/mol. The molecule has 0 aliphatic heterocycles. The monoisotopic (exact) mass is 430 g/mol. The van der Waals surface area contributed by atoms with Gasteiger partial charge in [0.05, 0.1) is 5.56 Å². The van der Waals surface area contributed by atoms with Crippen LogP contribution in [0.3, 0.4) is 0 Å². The van der Waals surface area contributed by atoms with Crippen LogP contribution >= 0.6 is 0 Å². The van der Waals surface area contributed by atoms with Crippen LogP contribution in [0.2, 0.25) is 0 Å². The van der Waals surface area contributed by atoms with Crippen LogP contribution in [0, 0.1) is 17.8 Å². The Bertz CT molecular complexity index is 1110. The number of rotatable bonds is 5.